The molecule has 8 atom stereocenters. The molecule has 248 valence electrons. The molecule has 3 saturated heterocycles. The van der Waals surface area contributed by atoms with E-state index in [9.17, 15) is 34.8 Å². The number of hydrogen-bond acceptors (Lipinski definition) is 9. The van der Waals surface area contributed by atoms with Crippen molar-refractivity contribution in [3.8, 4) is 0 Å². The van der Waals surface area contributed by atoms with E-state index in [2.05, 4.69) is 0 Å². The minimum absolute atomic E-state index is 0.0149. The Bertz CT molecular complexity index is 1390. The van der Waals surface area contributed by atoms with E-state index in [0.29, 0.717) is 5.03 Å². The largest absolute Gasteiger partial charge is 0.507 e. The lowest BCUT2D eigenvalue weighted by molar-refractivity contribution is -0.229. The van der Waals surface area contributed by atoms with Crippen molar-refractivity contribution in [3.63, 3.8) is 0 Å². The average Bonchev–Trinajstić information content (AvgIpc) is 3.45. The zero-order chi connectivity index (χ0) is 33.8. The number of likely N-dealkylation sites (tertiary alicyclic amines) is 1. The molecule has 0 aromatic carbocycles. The summed E-state index contributed by atoms with van der Waals surface area (Å²) in [6.45, 7) is 1.56. The predicted molar refractivity (Wildman–Crippen MR) is 173 cm³/mol. The molecule has 6 N–H and O–H groups in total. The van der Waals surface area contributed by atoms with Gasteiger partial charge < -0.3 is 35.6 Å². The first-order chi connectivity index (χ1) is 21.9. The Morgan fingerprint density at radius 1 is 0.957 bits per heavy atom. The molecule has 2 amide bonds. The molecule has 46 heavy (non-hydrogen) atoms. The highest BCUT2D eigenvalue weighted by Gasteiger charge is 2.53. The van der Waals surface area contributed by atoms with Gasteiger partial charge in [-0.1, -0.05) is 84.5 Å². The third-order valence-corrected chi connectivity index (χ3v) is 7.78. The number of Topliss-reactive ketones (excluding diaryl/α,β-unsaturated/α-hetero) is 1. The van der Waals surface area contributed by atoms with Crippen molar-refractivity contribution in [2.75, 3.05) is 6.61 Å². The van der Waals surface area contributed by atoms with Crippen molar-refractivity contribution in [2.24, 2.45) is 5.73 Å². The van der Waals surface area contributed by atoms with Crippen LogP contribution in [0, 0.1) is 0 Å². The summed E-state index contributed by atoms with van der Waals surface area (Å²) in [5.41, 5.74) is 4.62. The monoisotopic (exact) mass is 676 g/mol. The molecular weight excluding hydrogens is 639 g/mol. The number of allylic oxidation sites excluding steroid dienone is 15. The van der Waals surface area contributed by atoms with Gasteiger partial charge >= 0.3 is 0 Å². The zero-order valence-corrected chi connectivity index (χ0v) is 26.5. The van der Waals surface area contributed by atoms with Gasteiger partial charge in [0.05, 0.1) is 30.6 Å². The van der Waals surface area contributed by atoms with Gasteiger partial charge in [0.15, 0.2) is 12.0 Å². The number of aliphatic hydroxyl groups is 4. The van der Waals surface area contributed by atoms with Gasteiger partial charge in [-0.15, -0.1) is 11.6 Å². The molecule has 3 fully saturated rings. The second-order valence-corrected chi connectivity index (χ2v) is 11.6. The van der Waals surface area contributed by atoms with Gasteiger partial charge in [-0.2, -0.15) is 0 Å². The number of amides is 2. The number of halogens is 2. The van der Waals surface area contributed by atoms with Gasteiger partial charge in [-0.05, 0) is 31.6 Å². The second kappa shape index (κ2) is 18.0. The van der Waals surface area contributed by atoms with Crippen molar-refractivity contribution in [3.05, 3.63) is 108 Å². The van der Waals surface area contributed by atoms with Crippen LogP contribution in [0.25, 0.3) is 0 Å². The fourth-order valence-corrected chi connectivity index (χ4v) is 5.38. The Labute approximate surface area is 277 Å². The number of rotatable bonds is 12. The molecule has 0 radical (unpaired) electrons. The summed E-state index contributed by atoms with van der Waals surface area (Å²) in [6.07, 6.45) is 19.2. The second-order valence-electron chi connectivity index (χ2n) is 10.7. The number of alkyl halides is 1. The highest BCUT2D eigenvalue weighted by molar-refractivity contribution is 6.31. The Morgan fingerprint density at radius 3 is 2.20 bits per heavy atom. The highest BCUT2D eigenvalue weighted by Crippen LogP contribution is 2.31. The first-order valence-corrected chi connectivity index (χ1v) is 15.3. The molecule has 3 rings (SSSR count). The molecule has 11 nitrogen and oxygen atoms in total. The minimum atomic E-state index is -1.78. The molecular formula is C33H38Cl2N2O9. The first kappa shape index (κ1) is 36.9. The molecule has 0 spiro atoms. The van der Waals surface area contributed by atoms with Crippen LogP contribution in [-0.4, -0.2) is 97.7 Å². The molecule has 13 heteroatoms. The van der Waals surface area contributed by atoms with Crippen LogP contribution >= 0.6 is 23.2 Å². The number of aliphatic hydroxyl groups excluding tert-OH is 4. The number of carbonyl (C=O) groups excluding carboxylic acids is 3. The maximum absolute atomic E-state index is 13.1. The Morgan fingerprint density at radius 2 is 1.57 bits per heavy atom. The predicted octanol–water partition coefficient (Wildman–Crippen LogP) is 2.69. The van der Waals surface area contributed by atoms with E-state index in [1.165, 1.54) is 12.2 Å². The molecule has 3 aliphatic rings. The summed E-state index contributed by atoms with van der Waals surface area (Å²) < 4.78 is 11.0. The molecule has 3 heterocycles. The van der Waals surface area contributed by atoms with Gasteiger partial charge in [0.1, 0.15) is 35.7 Å². The number of nitrogens with zero attached hydrogens (tertiary/aromatic N) is 1. The standard InChI is InChI=1S/C33H38Cl2N2O9/c1-20-17-22(35)26(46-20)16-12-8-7-10-14-21(34)13-9-5-3-2-4-6-11-15-24(38)28-29(41)23(18-27(36)40)37(32(28)44)33-31(43)30(42)25(39)19-45-33/h2-16,20,22-23,25-26,30-31,33,38-39,42-43H,17-19H2,1H3,(H2,36,40)/b3-2+,6-4+,8-7-,9-5+,14-10+,15-11+,16-12+,21-13-,28-24-/t20-,22+,23+,25-,26+,30-,31?,33-/m1/s1. The summed E-state index contributed by atoms with van der Waals surface area (Å²) in [5, 5.41) is 41.1. The lowest BCUT2D eigenvalue weighted by Gasteiger charge is -2.41. The van der Waals surface area contributed by atoms with Crippen molar-refractivity contribution in [2.45, 2.75) is 67.9 Å². The van der Waals surface area contributed by atoms with Gasteiger partial charge in [0.2, 0.25) is 5.91 Å². The molecule has 0 aromatic heterocycles. The zero-order valence-electron chi connectivity index (χ0n) is 25.0. The Balaban J connectivity index is 1.53. The maximum Gasteiger partial charge on any atom is 0.264 e. The lowest BCUT2D eigenvalue weighted by atomic mass is 10.0. The summed E-state index contributed by atoms with van der Waals surface area (Å²) in [5.74, 6) is -3.52. The van der Waals surface area contributed by atoms with E-state index < -0.39 is 72.5 Å². The molecule has 0 aliphatic carbocycles. The van der Waals surface area contributed by atoms with Crippen LogP contribution in [0.5, 0.6) is 0 Å². The number of ketones is 1. The van der Waals surface area contributed by atoms with Crippen molar-refractivity contribution in [1.29, 1.82) is 0 Å². The topological polar surface area (TPSA) is 180 Å². The molecule has 0 bridgehead atoms. The fraction of sp³-hybridized carbons (Fsp3) is 0.364. The highest BCUT2D eigenvalue weighted by atomic mass is 35.5. The van der Waals surface area contributed by atoms with Crippen LogP contribution in [-0.2, 0) is 23.9 Å². The molecule has 1 unspecified atom stereocenters. The third-order valence-electron chi connectivity index (χ3n) is 7.10. The van der Waals surface area contributed by atoms with Gasteiger partial charge in [0, 0.05) is 5.03 Å². The van der Waals surface area contributed by atoms with Crippen LogP contribution in [0.15, 0.2) is 108 Å². The van der Waals surface area contributed by atoms with Crippen LogP contribution in [0.4, 0.5) is 0 Å². The lowest BCUT2D eigenvalue weighted by Crippen LogP contribution is -2.61. The SMILES string of the molecule is C[C@@H]1C[C@H](Cl)[C@H](/C=C/C=C\C=C\C(Cl)=C\C=C\C=C\C=C\C=C\C(O)=C2/C(=O)[C@H](CC(N)=O)N([C@@H]3OC[C@@H](O)[C@@H](O)C3O)C2=O)O1. The first-order valence-electron chi connectivity index (χ1n) is 14.5. The summed E-state index contributed by atoms with van der Waals surface area (Å²) in [7, 11) is 0. The van der Waals surface area contributed by atoms with E-state index in [4.69, 9.17) is 38.4 Å². The van der Waals surface area contributed by atoms with E-state index >= 15 is 0 Å². The van der Waals surface area contributed by atoms with Gasteiger partial charge in [-0.25, -0.2) is 0 Å². The van der Waals surface area contributed by atoms with E-state index in [-0.39, 0.29) is 17.6 Å². The van der Waals surface area contributed by atoms with Crippen LogP contribution in [0.2, 0.25) is 0 Å². The van der Waals surface area contributed by atoms with E-state index in [1.54, 1.807) is 48.6 Å². The number of nitrogens with two attached hydrogens (primary N) is 1. The van der Waals surface area contributed by atoms with Gasteiger partial charge in [-0.3, -0.25) is 19.3 Å². The molecule has 3 aliphatic heterocycles. The summed E-state index contributed by atoms with van der Waals surface area (Å²) >= 11 is 12.4. The van der Waals surface area contributed by atoms with Crippen molar-refractivity contribution in [1.82, 2.24) is 4.90 Å². The number of primary amides is 1. The third kappa shape index (κ3) is 10.2. The molecule has 0 saturated carbocycles. The summed E-state index contributed by atoms with van der Waals surface area (Å²) in [6, 6.07) is -1.47. The maximum atomic E-state index is 13.1. The molecule has 0 aromatic rings. The minimum Gasteiger partial charge on any atom is -0.507 e. The van der Waals surface area contributed by atoms with Crippen LogP contribution in [0.1, 0.15) is 19.8 Å². The van der Waals surface area contributed by atoms with Crippen LogP contribution < -0.4 is 5.73 Å². The van der Waals surface area contributed by atoms with Crippen molar-refractivity contribution < 1.29 is 44.3 Å². The van der Waals surface area contributed by atoms with E-state index in [0.717, 1.165) is 17.4 Å². The fourth-order valence-electron chi connectivity index (χ4n) is 4.84. The average molecular weight is 678 g/mol. The Kier molecular flexibility index (Phi) is 14.4. The number of hydrogen-bond donors (Lipinski definition) is 5. The number of carbonyl (C=O) groups is 3. The normalized spacial score (nSPS) is 32.8. The number of ether oxygens (including phenoxy) is 2. The van der Waals surface area contributed by atoms with Crippen molar-refractivity contribution >= 4 is 40.8 Å². The van der Waals surface area contributed by atoms with Gasteiger partial charge in [0.25, 0.3) is 5.91 Å². The Hall–Kier alpha value is -3.55. The van der Waals surface area contributed by atoms with Crippen LogP contribution in [0.3, 0.4) is 0 Å². The quantitative estimate of drug-likeness (QED) is 0.0683. The summed E-state index contributed by atoms with van der Waals surface area (Å²) in [4.78, 5) is 38.5. The van der Waals surface area contributed by atoms with E-state index in [1.807, 2.05) is 31.2 Å². The smallest absolute Gasteiger partial charge is 0.264 e.